The minimum atomic E-state index is 0.592. The van der Waals surface area contributed by atoms with Crippen LogP contribution < -0.4 is 5.32 Å². The number of fused-ring (bicyclic) bond motifs is 1. The number of hydrogen-bond donors (Lipinski definition) is 1. The molecule has 1 aliphatic heterocycles. The zero-order valence-electron chi connectivity index (χ0n) is 11.5. The van der Waals surface area contributed by atoms with E-state index in [-0.39, 0.29) is 0 Å². The summed E-state index contributed by atoms with van der Waals surface area (Å²) in [5.74, 6) is 0. The fourth-order valence-electron chi connectivity index (χ4n) is 2.82. The largest absolute Gasteiger partial charge is 0.383 e. The van der Waals surface area contributed by atoms with Crippen molar-refractivity contribution < 1.29 is 0 Å². The van der Waals surface area contributed by atoms with E-state index in [9.17, 15) is 0 Å². The van der Waals surface area contributed by atoms with Crippen LogP contribution in [-0.4, -0.2) is 35.6 Å². The Hall–Kier alpha value is -1.61. The van der Waals surface area contributed by atoms with Gasteiger partial charge in [-0.25, -0.2) is 0 Å². The van der Waals surface area contributed by atoms with Crippen LogP contribution in [0.3, 0.4) is 0 Å². The fraction of sp³-hybridized carbons (Fsp3) is 0.438. The predicted molar refractivity (Wildman–Crippen MR) is 80.5 cm³/mol. The van der Waals surface area contributed by atoms with Crippen molar-refractivity contribution in [3.8, 4) is 0 Å². The monoisotopic (exact) mass is 255 g/mol. The molecule has 3 rings (SSSR count). The van der Waals surface area contributed by atoms with Gasteiger partial charge in [-0.2, -0.15) is 0 Å². The highest BCUT2D eigenvalue weighted by atomic mass is 15.2. The lowest BCUT2D eigenvalue weighted by atomic mass is 10.2. The minimum absolute atomic E-state index is 0.592. The van der Waals surface area contributed by atoms with E-state index in [1.165, 1.54) is 37.0 Å². The number of para-hydroxylation sites is 1. The Labute approximate surface area is 114 Å². The molecule has 1 atom stereocenters. The van der Waals surface area contributed by atoms with Crippen molar-refractivity contribution in [2.24, 2.45) is 0 Å². The molecule has 1 aliphatic rings. The summed E-state index contributed by atoms with van der Waals surface area (Å²) in [6, 6.07) is 11.0. The quantitative estimate of drug-likeness (QED) is 0.909. The third-order valence-electron chi connectivity index (χ3n) is 4.00. The van der Waals surface area contributed by atoms with Crippen LogP contribution in [0.15, 0.2) is 36.5 Å². The molecule has 0 radical (unpaired) electrons. The molecule has 2 aromatic rings. The highest BCUT2D eigenvalue weighted by molar-refractivity contribution is 5.90. The topological polar surface area (TPSA) is 28.2 Å². The standard InChI is InChI=1S/C16H21N3/c1-13(19-10-4-5-11-19)12-18-16-8-9-17-15-7-3-2-6-14(15)16/h2-3,6-9,13H,4-5,10-12H2,1H3,(H,17,18). The molecule has 100 valence electrons. The molecule has 19 heavy (non-hydrogen) atoms. The zero-order valence-corrected chi connectivity index (χ0v) is 11.5. The summed E-state index contributed by atoms with van der Waals surface area (Å²) in [4.78, 5) is 6.96. The summed E-state index contributed by atoms with van der Waals surface area (Å²) >= 11 is 0. The Kier molecular flexibility index (Phi) is 3.65. The second-order valence-electron chi connectivity index (χ2n) is 5.35. The summed E-state index contributed by atoms with van der Waals surface area (Å²) in [5, 5.41) is 4.79. The van der Waals surface area contributed by atoms with Gasteiger partial charge >= 0.3 is 0 Å². The summed E-state index contributed by atoms with van der Waals surface area (Å²) in [6.07, 6.45) is 4.58. The van der Waals surface area contributed by atoms with Crippen LogP contribution in [-0.2, 0) is 0 Å². The number of nitrogens with one attached hydrogen (secondary N) is 1. The fourth-order valence-corrected chi connectivity index (χ4v) is 2.82. The number of benzene rings is 1. The van der Waals surface area contributed by atoms with E-state index in [0.717, 1.165) is 12.1 Å². The first-order chi connectivity index (χ1) is 9.34. The number of likely N-dealkylation sites (tertiary alicyclic amines) is 1. The molecule has 3 heteroatoms. The summed E-state index contributed by atoms with van der Waals surface area (Å²) in [7, 11) is 0. The average molecular weight is 255 g/mol. The van der Waals surface area contributed by atoms with Crippen molar-refractivity contribution in [2.45, 2.75) is 25.8 Å². The lowest BCUT2D eigenvalue weighted by molar-refractivity contribution is 0.269. The molecule has 1 aromatic carbocycles. The van der Waals surface area contributed by atoms with E-state index < -0.39 is 0 Å². The van der Waals surface area contributed by atoms with Crippen LogP contribution >= 0.6 is 0 Å². The summed E-state index contributed by atoms with van der Waals surface area (Å²) in [6.45, 7) is 5.80. The summed E-state index contributed by atoms with van der Waals surface area (Å²) in [5.41, 5.74) is 2.25. The zero-order chi connectivity index (χ0) is 13.1. The van der Waals surface area contributed by atoms with E-state index in [4.69, 9.17) is 0 Å². The molecule has 0 saturated carbocycles. The highest BCUT2D eigenvalue weighted by Gasteiger charge is 2.17. The number of rotatable bonds is 4. The predicted octanol–water partition coefficient (Wildman–Crippen LogP) is 3.13. The lowest BCUT2D eigenvalue weighted by Crippen LogP contribution is -2.35. The first kappa shape index (κ1) is 12.4. The lowest BCUT2D eigenvalue weighted by Gasteiger charge is -2.24. The molecule has 0 spiro atoms. The molecule has 2 heterocycles. The number of nitrogens with zero attached hydrogens (tertiary/aromatic N) is 2. The number of anilines is 1. The Morgan fingerprint density at radius 2 is 2.00 bits per heavy atom. The van der Waals surface area contributed by atoms with Crippen molar-refractivity contribution in [1.29, 1.82) is 0 Å². The molecule has 1 saturated heterocycles. The van der Waals surface area contributed by atoms with Crippen LogP contribution in [0.4, 0.5) is 5.69 Å². The van der Waals surface area contributed by atoms with Gasteiger partial charge in [-0.05, 0) is 45.0 Å². The van der Waals surface area contributed by atoms with Gasteiger partial charge in [0, 0.05) is 29.9 Å². The molecule has 0 amide bonds. The van der Waals surface area contributed by atoms with Crippen LogP contribution in [0.5, 0.6) is 0 Å². The van der Waals surface area contributed by atoms with Crippen molar-refractivity contribution >= 4 is 16.6 Å². The first-order valence-corrected chi connectivity index (χ1v) is 7.16. The van der Waals surface area contributed by atoms with E-state index in [2.05, 4.69) is 46.4 Å². The van der Waals surface area contributed by atoms with Gasteiger partial charge in [0.1, 0.15) is 0 Å². The Morgan fingerprint density at radius 3 is 2.84 bits per heavy atom. The molecule has 1 unspecified atom stereocenters. The third-order valence-corrected chi connectivity index (χ3v) is 4.00. The van der Waals surface area contributed by atoms with Crippen molar-refractivity contribution in [2.75, 3.05) is 25.0 Å². The Morgan fingerprint density at radius 1 is 1.21 bits per heavy atom. The van der Waals surface area contributed by atoms with Crippen molar-refractivity contribution in [3.63, 3.8) is 0 Å². The third kappa shape index (κ3) is 2.71. The van der Waals surface area contributed by atoms with Gasteiger partial charge in [-0.15, -0.1) is 0 Å². The number of pyridine rings is 1. The average Bonchev–Trinajstić information content (AvgIpc) is 2.99. The van der Waals surface area contributed by atoms with Gasteiger partial charge in [-0.1, -0.05) is 18.2 Å². The number of hydrogen-bond acceptors (Lipinski definition) is 3. The molecule has 1 N–H and O–H groups in total. The van der Waals surface area contributed by atoms with E-state index >= 15 is 0 Å². The van der Waals surface area contributed by atoms with Crippen LogP contribution in [0.2, 0.25) is 0 Å². The molecule has 0 bridgehead atoms. The maximum atomic E-state index is 4.40. The van der Waals surface area contributed by atoms with Gasteiger partial charge in [0.25, 0.3) is 0 Å². The van der Waals surface area contributed by atoms with Crippen LogP contribution in [0, 0.1) is 0 Å². The highest BCUT2D eigenvalue weighted by Crippen LogP contribution is 2.21. The molecule has 1 aromatic heterocycles. The second kappa shape index (κ2) is 5.57. The number of aromatic nitrogens is 1. The van der Waals surface area contributed by atoms with Gasteiger partial charge in [0.15, 0.2) is 0 Å². The van der Waals surface area contributed by atoms with E-state index in [1.807, 2.05) is 12.3 Å². The Bertz CT molecular complexity index is 541. The first-order valence-electron chi connectivity index (χ1n) is 7.16. The van der Waals surface area contributed by atoms with Crippen LogP contribution in [0.25, 0.3) is 10.9 Å². The second-order valence-corrected chi connectivity index (χ2v) is 5.35. The molecular weight excluding hydrogens is 234 g/mol. The maximum Gasteiger partial charge on any atom is 0.0722 e. The smallest absolute Gasteiger partial charge is 0.0722 e. The van der Waals surface area contributed by atoms with Gasteiger partial charge < -0.3 is 5.32 Å². The summed E-state index contributed by atoms with van der Waals surface area (Å²) < 4.78 is 0. The van der Waals surface area contributed by atoms with Gasteiger partial charge in [-0.3, -0.25) is 9.88 Å². The normalized spacial score (nSPS) is 17.7. The molecule has 3 nitrogen and oxygen atoms in total. The SMILES string of the molecule is CC(CNc1ccnc2ccccc12)N1CCCC1. The maximum absolute atomic E-state index is 4.40. The minimum Gasteiger partial charge on any atom is -0.383 e. The van der Waals surface area contributed by atoms with Crippen molar-refractivity contribution in [1.82, 2.24) is 9.88 Å². The Balaban J connectivity index is 1.71. The van der Waals surface area contributed by atoms with Crippen LogP contribution in [0.1, 0.15) is 19.8 Å². The van der Waals surface area contributed by atoms with Crippen molar-refractivity contribution in [3.05, 3.63) is 36.5 Å². The molecule has 0 aliphatic carbocycles. The molecular formula is C16H21N3. The molecule has 1 fully saturated rings. The van der Waals surface area contributed by atoms with E-state index in [1.54, 1.807) is 0 Å². The van der Waals surface area contributed by atoms with E-state index in [0.29, 0.717) is 6.04 Å². The van der Waals surface area contributed by atoms with Gasteiger partial charge in [0.05, 0.1) is 5.52 Å². The van der Waals surface area contributed by atoms with Gasteiger partial charge in [0.2, 0.25) is 0 Å².